The van der Waals surface area contributed by atoms with Crippen LogP contribution in [-0.4, -0.2) is 7.05 Å². The number of nitrogens with one attached hydrogen (secondary N) is 1. The number of rotatable bonds is 2. The van der Waals surface area contributed by atoms with E-state index >= 15 is 0 Å². The highest BCUT2D eigenvalue weighted by atomic mass is 32.1. The van der Waals surface area contributed by atoms with Gasteiger partial charge in [0.25, 0.3) is 0 Å². The van der Waals surface area contributed by atoms with Crippen LogP contribution in [0.5, 0.6) is 0 Å². The van der Waals surface area contributed by atoms with Crippen molar-refractivity contribution in [3.8, 4) is 0 Å². The molecule has 0 saturated carbocycles. The van der Waals surface area contributed by atoms with E-state index in [1.165, 1.54) is 18.4 Å². The average molecular weight is 209 g/mol. The quantitative estimate of drug-likeness (QED) is 0.789. The fraction of sp³-hybridized carbons (Fsp3) is 0.667. The van der Waals surface area contributed by atoms with Crippen LogP contribution in [0.25, 0.3) is 0 Å². The van der Waals surface area contributed by atoms with Gasteiger partial charge >= 0.3 is 0 Å². The summed E-state index contributed by atoms with van der Waals surface area (Å²) in [5.74, 6) is 1.64. The molecule has 2 heteroatoms. The molecule has 1 aliphatic rings. The smallest absolute Gasteiger partial charge is 0.0213 e. The number of hydrogen-bond donors (Lipinski definition) is 1. The standard InChI is InChI=1S/C12H19NS/c1-8-4-9(2)12-10(6-13-3)7-14-11(12)5-8/h7-9,13H,4-6H2,1-3H3. The SMILES string of the molecule is CNCc1csc2c1C(C)CC(C)C2. The van der Waals surface area contributed by atoms with Crippen molar-refractivity contribution < 1.29 is 0 Å². The van der Waals surface area contributed by atoms with E-state index in [0.29, 0.717) is 0 Å². The maximum absolute atomic E-state index is 3.26. The Bertz CT molecular complexity index is 303. The summed E-state index contributed by atoms with van der Waals surface area (Å²) in [5.41, 5.74) is 3.19. The summed E-state index contributed by atoms with van der Waals surface area (Å²) in [7, 11) is 2.03. The molecule has 0 fully saturated rings. The van der Waals surface area contributed by atoms with E-state index in [1.54, 1.807) is 10.4 Å². The van der Waals surface area contributed by atoms with Gasteiger partial charge < -0.3 is 5.32 Å². The van der Waals surface area contributed by atoms with Crippen molar-refractivity contribution in [2.45, 2.75) is 39.2 Å². The molecule has 0 aliphatic heterocycles. The monoisotopic (exact) mass is 209 g/mol. The van der Waals surface area contributed by atoms with Crippen LogP contribution < -0.4 is 5.32 Å². The molecule has 0 radical (unpaired) electrons. The summed E-state index contributed by atoms with van der Waals surface area (Å²) in [4.78, 5) is 1.64. The molecule has 1 nitrogen and oxygen atoms in total. The molecule has 1 aromatic heterocycles. The maximum Gasteiger partial charge on any atom is 0.0213 e. The second-order valence-corrected chi connectivity index (χ2v) is 5.54. The fourth-order valence-electron chi connectivity index (χ4n) is 2.65. The van der Waals surface area contributed by atoms with Crippen LogP contribution in [0.4, 0.5) is 0 Å². The second kappa shape index (κ2) is 4.03. The Morgan fingerprint density at radius 3 is 3.00 bits per heavy atom. The van der Waals surface area contributed by atoms with Gasteiger partial charge in [-0.15, -0.1) is 11.3 Å². The van der Waals surface area contributed by atoms with E-state index in [9.17, 15) is 0 Å². The van der Waals surface area contributed by atoms with Gasteiger partial charge in [-0.1, -0.05) is 13.8 Å². The molecule has 1 heterocycles. The van der Waals surface area contributed by atoms with Crippen molar-refractivity contribution in [1.29, 1.82) is 0 Å². The lowest BCUT2D eigenvalue weighted by molar-refractivity contribution is 0.453. The molecule has 2 rings (SSSR count). The number of hydrogen-bond acceptors (Lipinski definition) is 2. The number of fused-ring (bicyclic) bond motifs is 1. The van der Waals surface area contributed by atoms with E-state index in [-0.39, 0.29) is 0 Å². The summed E-state index contributed by atoms with van der Waals surface area (Å²) in [5, 5.41) is 5.60. The van der Waals surface area contributed by atoms with Gasteiger partial charge in [-0.3, -0.25) is 0 Å². The Morgan fingerprint density at radius 1 is 1.50 bits per heavy atom. The van der Waals surface area contributed by atoms with E-state index in [2.05, 4.69) is 24.5 Å². The third kappa shape index (κ3) is 1.73. The highest BCUT2D eigenvalue weighted by molar-refractivity contribution is 7.10. The van der Waals surface area contributed by atoms with E-state index in [0.717, 1.165) is 18.4 Å². The highest BCUT2D eigenvalue weighted by Crippen LogP contribution is 2.39. The first-order chi connectivity index (χ1) is 6.72. The molecule has 0 bridgehead atoms. The molecule has 78 valence electrons. The van der Waals surface area contributed by atoms with Crippen LogP contribution in [-0.2, 0) is 13.0 Å². The van der Waals surface area contributed by atoms with Gasteiger partial charge in [-0.25, -0.2) is 0 Å². The summed E-state index contributed by atoms with van der Waals surface area (Å²) >= 11 is 1.96. The van der Waals surface area contributed by atoms with Crippen LogP contribution in [0.1, 0.15) is 42.2 Å². The van der Waals surface area contributed by atoms with Crippen molar-refractivity contribution in [2.24, 2.45) is 5.92 Å². The number of thiophene rings is 1. The highest BCUT2D eigenvalue weighted by Gasteiger charge is 2.25. The fourth-order valence-corrected chi connectivity index (χ4v) is 3.98. The topological polar surface area (TPSA) is 12.0 Å². The molecule has 1 aliphatic carbocycles. The molecular weight excluding hydrogens is 190 g/mol. The van der Waals surface area contributed by atoms with Gasteiger partial charge in [0.15, 0.2) is 0 Å². The molecule has 1 aromatic rings. The largest absolute Gasteiger partial charge is 0.316 e. The Kier molecular flexibility index (Phi) is 2.93. The third-order valence-electron chi connectivity index (χ3n) is 3.14. The van der Waals surface area contributed by atoms with Crippen molar-refractivity contribution in [3.63, 3.8) is 0 Å². The Hall–Kier alpha value is -0.340. The van der Waals surface area contributed by atoms with Gasteiger partial charge in [0.2, 0.25) is 0 Å². The van der Waals surface area contributed by atoms with E-state index < -0.39 is 0 Å². The van der Waals surface area contributed by atoms with Gasteiger partial charge in [0.1, 0.15) is 0 Å². The molecule has 0 aromatic carbocycles. The van der Waals surface area contributed by atoms with E-state index in [1.807, 2.05) is 18.4 Å². The van der Waals surface area contributed by atoms with Crippen molar-refractivity contribution in [2.75, 3.05) is 7.05 Å². The normalized spacial score (nSPS) is 26.2. The van der Waals surface area contributed by atoms with Crippen molar-refractivity contribution >= 4 is 11.3 Å². The van der Waals surface area contributed by atoms with Gasteiger partial charge in [-0.05, 0) is 48.2 Å². The minimum atomic E-state index is 0.767. The first-order valence-corrected chi connectivity index (χ1v) is 6.34. The molecule has 0 spiro atoms. The average Bonchev–Trinajstić information content (AvgIpc) is 2.49. The lowest BCUT2D eigenvalue weighted by atomic mass is 9.81. The molecular formula is C12H19NS. The zero-order valence-electron chi connectivity index (χ0n) is 9.26. The Labute approximate surface area is 90.5 Å². The van der Waals surface area contributed by atoms with Crippen LogP contribution >= 0.6 is 11.3 Å². The second-order valence-electron chi connectivity index (χ2n) is 4.57. The van der Waals surface area contributed by atoms with Gasteiger partial charge in [-0.2, -0.15) is 0 Å². The zero-order chi connectivity index (χ0) is 10.1. The van der Waals surface area contributed by atoms with E-state index in [4.69, 9.17) is 0 Å². The van der Waals surface area contributed by atoms with Crippen LogP contribution in [0.15, 0.2) is 5.38 Å². The summed E-state index contributed by atoms with van der Waals surface area (Å²) < 4.78 is 0. The van der Waals surface area contributed by atoms with Crippen molar-refractivity contribution in [3.05, 3.63) is 21.4 Å². The Morgan fingerprint density at radius 2 is 2.29 bits per heavy atom. The lowest BCUT2D eigenvalue weighted by Crippen LogP contribution is -2.15. The summed E-state index contributed by atoms with van der Waals surface area (Å²) in [6.45, 7) is 5.78. The summed E-state index contributed by atoms with van der Waals surface area (Å²) in [6.07, 6.45) is 2.66. The first-order valence-electron chi connectivity index (χ1n) is 5.46. The Balaban J connectivity index is 2.32. The third-order valence-corrected chi connectivity index (χ3v) is 4.21. The minimum absolute atomic E-state index is 0.767. The van der Waals surface area contributed by atoms with Crippen LogP contribution in [0, 0.1) is 5.92 Å². The van der Waals surface area contributed by atoms with Crippen LogP contribution in [0.2, 0.25) is 0 Å². The lowest BCUT2D eigenvalue weighted by Gasteiger charge is -2.25. The predicted octanol–water partition coefficient (Wildman–Crippen LogP) is 3.15. The molecule has 0 saturated heterocycles. The maximum atomic E-state index is 3.26. The van der Waals surface area contributed by atoms with Gasteiger partial charge in [0, 0.05) is 11.4 Å². The van der Waals surface area contributed by atoms with Gasteiger partial charge in [0.05, 0.1) is 0 Å². The predicted molar refractivity (Wildman–Crippen MR) is 63.0 cm³/mol. The molecule has 2 atom stereocenters. The molecule has 1 N–H and O–H groups in total. The zero-order valence-corrected chi connectivity index (χ0v) is 10.1. The van der Waals surface area contributed by atoms with Crippen LogP contribution in [0.3, 0.4) is 0 Å². The molecule has 2 unspecified atom stereocenters. The first kappa shape index (κ1) is 10.2. The molecule has 14 heavy (non-hydrogen) atoms. The molecule has 0 amide bonds. The summed E-state index contributed by atoms with van der Waals surface area (Å²) in [6, 6.07) is 0. The minimum Gasteiger partial charge on any atom is -0.316 e. The van der Waals surface area contributed by atoms with Crippen molar-refractivity contribution in [1.82, 2.24) is 5.32 Å².